The van der Waals surface area contributed by atoms with Gasteiger partial charge in [0.2, 0.25) is 0 Å². The van der Waals surface area contributed by atoms with Gasteiger partial charge in [-0.05, 0) is 61.7 Å². The SMILES string of the molecule is CCN(CC)c1ccc(C(NC(N)=O)c2ccc(N)c(OC)c2)c(C)c1. The van der Waals surface area contributed by atoms with Crippen LogP contribution in [-0.4, -0.2) is 26.2 Å². The second-order valence-corrected chi connectivity index (χ2v) is 6.16. The van der Waals surface area contributed by atoms with Crippen LogP contribution in [0.5, 0.6) is 5.75 Å². The van der Waals surface area contributed by atoms with Crippen molar-refractivity contribution >= 4 is 17.4 Å². The molecule has 0 spiro atoms. The molecule has 0 saturated carbocycles. The number of nitrogens with zero attached hydrogens (tertiary/aromatic N) is 1. The fourth-order valence-corrected chi connectivity index (χ4v) is 3.16. The predicted octanol–water partition coefficient (Wildman–Crippen LogP) is 3.19. The number of aryl methyl sites for hydroxylation is 1. The summed E-state index contributed by atoms with van der Waals surface area (Å²) < 4.78 is 5.31. The maximum Gasteiger partial charge on any atom is 0.312 e. The number of nitrogens with two attached hydrogens (primary N) is 2. The molecule has 0 heterocycles. The highest BCUT2D eigenvalue weighted by atomic mass is 16.5. The summed E-state index contributed by atoms with van der Waals surface area (Å²) in [4.78, 5) is 13.9. The van der Waals surface area contributed by atoms with Crippen molar-refractivity contribution in [2.75, 3.05) is 30.8 Å². The van der Waals surface area contributed by atoms with Crippen LogP contribution in [0.1, 0.15) is 36.6 Å². The third-order valence-electron chi connectivity index (χ3n) is 4.57. The molecule has 0 aromatic heterocycles. The molecule has 0 saturated heterocycles. The molecule has 140 valence electrons. The summed E-state index contributed by atoms with van der Waals surface area (Å²) in [6.45, 7) is 8.17. The molecule has 5 N–H and O–H groups in total. The molecule has 2 amide bonds. The molecule has 1 unspecified atom stereocenters. The number of carbonyl (C=O) groups is 1. The number of nitrogens with one attached hydrogen (secondary N) is 1. The summed E-state index contributed by atoms with van der Waals surface area (Å²) in [5.74, 6) is 0.566. The summed E-state index contributed by atoms with van der Waals surface area (Å²) in [5.41, 5.74) is 15.9. The van der Waals surface area contributed by atoms with Gasteiger partial charge < -0.3 is 26.4 Å². The zero-order valence-corrected chi connectivity index (χ0v) is 15.9. The Balaban J connectivity index is 2.49. The van der Waals surface area contributed by atoms with Crippen LogP contribution in [0, 0.1) is 6.92 Å². The minimum atomic E-state index is -0.585. The number of urea groups is 1. The van der Waals surface area contributed by atoms with Crippen LogP contribution < -0.4 is 26.4 Å². The molecule has 6 heteroatoms. The number of nitrogen functional groups attached to an aromatic ring is 1. The Morgan fingerprint density at radius 1 is 1.19 bits per heavy atom. The summed E-state index contributed by atoms with van der Waals surface area (Å²) in [5, 5.41) is 2.83. The molecule has 2 aromatic carbocycles. The molecule has 0 bridgehead atoms. The molecule has 0 radical (unpaired) electrons. The summed E-state index contributed by atoms with van der Waals surface area (Å²) in [6, 6.07) is 10.7. The maximum absolute atomic E-state index is 11.6. The summed E-state index contributed by atoms with van der Waals surface area (Å²) in [7, 11) is 1.57. The van der Waals surface area contributed by atoms with Gasteiger partial charge in [-0.3, -0.25) is 0 Å². The lowest BCUT2D eigenvalue weighted by Crippen LogP contribution is -2.34. The molecular formula is C20H28N4O2. The molecule has 1 atom stereocenters. The van der Waals surface area contributed by atoms with E-state index in [1.165, 1.54) is 0 Å². The van der Waals surface area contributed by atoms with E-state index in [2.05, 4.69) is 36.2 Å². The van der Waals surface area contributed by atoms with Crippen LogP contribution in [-0.2, 0) is 0 Å². The van der Waals surface area contributed by atoms with E-state index in [1.807, 2.05) is 25.1 Å². The molecule has 0 fully saturated rings. The van der Waals surface area contributed by atoms with Crippen LogP contribution in [0.25, 0.3) is 0 Å². The first-order valence-corrected chi connectivity index (χ1v) is 8.76. The van der Waals surface area contributed by atoms with Crippen molar-refractivity contribution in [1.82, 2.24) is 5.32 Å². The lowest BCUT2D eigenvalue weighted by atomic mass is 9.94. The van der Waals surface area contributed by atoms with Gasteiger partial charge in [-0.25, -0.2) is 4.79 Å². The number of rotatable bonds is 7. The number of carbonyl (C=O) groups excluding carboxylic acids is 1. The van der Waals surface area contributed by atoms with Gasteiger partial charge in [0, 0.05) is 18.8 Å². The molecule has 26 heavy (non-hydrogen) atoms. The van der Waals surface area contributed by atoms with E-state index in [0.717, 1.165) is 35.5 Å². The van der Waals surface area contributed by atoms with Gasteiger partial charge >= 0.3 is 6.03 Å². The molecule has 6 nitrogen and oxygen atoms in total. The van der Waals surface area contributed by atoms with E-state index in [4.69, 9.17) is 16.2 Å². The van der Waals surface area contributed by atoms with Gasteiger partial charge in [-0.15, -0.1) is 0 Å². The Labute approximate surface area is 155 Å². The van der Waals surface area contributed by atoms with E-state index in [1.54, 1.807) is 13.2 Å². The summed E-state index contributed by atoms with van der Waals surface area (Å²) >= 11 is 0. The average Bonchev–Trinajstić information content (AvgIpc) is 2.61. The second kappa shape index (κ2) is 8.47. The van der Waals surface area contributed by atoms with E-state index >= 15 is 0 Å². The molecule has 0 aliphatic heterocycles. The zero-order chi connectivity index (χ0) is 19.3. The first-order valence-electron chi connectivity index (χ1n) is 8.76. The molecular weight excluding hydrogens is 328 g/mol. The van der Waals surface area contributed by atoms with Gasteiger partial charge in [0.25, 0.3) is 0 Å². The van der Waals surface area contributed by atoms with Crippen LogP contribution in [0.3, 0.4) is 0 Å². The third-order valence-corrected chi connectivity index (χ3v) is 4.57. The normalized spacial score (nSPS) is 11.7. The fraction of sp³-hybridized carbons (Fsp3) is 0.350. The number of anilines is 2. The van der Waals surface area contributed by atoms with Crippen molar-refractivity contribution in [3.8, 4) is 5.75 Å². The largest absolute Gasteiger partial charge is 0.495 e. The van der Waals surface area contributed by atoms with E-state index in [-0.39, 0.29) is 6.04 Å². The first kappa shape index (κ1) is 19.4. The maximum atomic E-state index is 11.6. The van der Waals surface area contributed by atoms with Gasteiger partial charge in [0.05, 0.1) is 18.8 Å². The number of amides is 2. The molecule has 2 aromatic rings. The highest BCUT2D eigenvalue weighted by Gasteiger charge is 2.19. The van der Waals surface area contributed by atoms with Crippen LogP contribution in [0.15, 0.2) is 36.4 Å². The highest BCUT2D eigenvalue weighted by Crippen LogP contribution is 2.32. The van der Waals surface area contributed by atoms with Gasteiger partial charge in [0.15, 0.2) is 0 Å². The van der Waals surface area contributed by atoms with E-state index in [9.17, 15) is 4.79 Å². The van der Waals surface area contributed by atoms with Gasteiger partial charge in [0.1, 0.15) is 5.75 Å². The number of ether oxygens (including phenoxy) is 1. The standard InChI is InChI=1S/C20H28N4O2/c1-5-24(6-2)15-8-9-16(13(3)11-15)19(23-20(22)25)14-7-10-17(21)18(12-14)26-4/h7-12,19H,5-6,21H2,1-4H3,(H3,22,23,25). The van der Waals surface area contributed by atoms with Crippen molar-refractivity contribution in [3.63, 3.8) is 0 Å². The van der Waals surface area contributed by atoms with Crippen molar-refractivity contribution in [3.05, 3.63) is 53.1 Å². The topological polar surface area (TPSA) is 93.6 Å². The second-order valence-electron chi connectivity index (χ2n) is 6.16. The monoisotopic (exact) mass is 356 g/mol. The quantitative estimate of drug-likeness (QED) is 0.664. The Kier molecular flexibility index (Phi) is 6.33. The first-order chi connectivity index (χ1) is 12.4. The average molecular weight is 356 g/mol. The van der Waals surface area contributed by atoms with Gasteiger partial charge in [-0.2, -0.15) is 0 Å². The zero-order valence-electron chi connectivity index (χ0n) is 15.9. The summed E-state index contributed by atoms with van der Waals surface area (Å²) in [6.07, 6.45) is 0. The van der Waals surface area contributed by atoms with Gasteiger partial charge in [-0.1, -0.05) is 12.1 Å². The molecule has 0 aliphatic rings. The number of methoxy groups -OCH3 is 1. The number of hydrogen-bond acceptors (Lipinski definition) is 4. The number of benzene rings is 2. The van der Waals surface area contributed by atoms with Crippen LogP contribution in [0.2, 0.25) is 0 Å². The minimum Gasteiger partial charge on any atom is -0.495 e. The van der Waals surface area contributed by atoms with Crippen molar-refractivity contribution in [2.24, 2.45) is 5.73 Å². The Hall–Kier alpha value is -2.89. The highest BCUT2D eigenvalue weighted by molar-refractivity contribution is 5.73. The lowest BCUT2D eigenvalue weighted by Gasteiger charge is -2.25. The number of hydrogen-bond donors (Lipinski definition) is 3. The number of primary amides is 1. The Bertz CT molecular complexity index is 772. The Morgan fingerprint density at radius 2 is 1.88 bits per heavy atom. The lowest BCUT2D eigenvalue weighted by molar-refractivity contribution is 0.247. The van der Waals surface area contributed by atoms with E-state index in [0.29, 0.717) is 11.4 Å². The predicted molar refractivity (Wildman–Crippen MR) is 107 cm³/mol. The van der Waals surface area contributed by atoms with Crippen molar-refractivity contribution < 1.29 is 9.53 Å². The van der Waals surface area contributed by atoms with Crippen molar-refractivity contribution in [1.29, 1.82) is 0 Å². The smallest absolute Gasteiger partial charge is 0.312 e. The molecule has 2 rings (SSSR count). The minimum absolute atomic E-state index is 0.382. The third kappa shape index (κ3) is 4.20. The fourth-order valence-electron chi connectivity index (χ4n) is 3.16. The Morgan fingerprint density at radius 3 is 2.42 bits per heavy atom. The molecule has 0 aliphatic carbocycles. The van der Waals surface area contributed by atoms with Crippen LogP contribution >= 0.6 is 0 Å². The van der Waals surface area contributed by atoms with Crippen LogP contribution in [0.4, 0.5) is 16.2 Å². The van der Waals surface area contributed by atoms with E-state index < -0.39 is 6.03 Å². The van der Waals surface area contributed by atoms with Crippen molar-refractivity contribution in [2.45, 2.75) is 26.8 Å².